The first-order chi connectivity index (χ1) is 7.92. The fourth-order valence-electron chi connectivity index (χ4n) is 2.00. The molecular weight excluding hydrogens is 202 g/mol. The van der Waals surface area contributed by atoms with E-state index in [1.54, 1.807) is 0 Å². The zero-order valence-corrected chi connectivity index (χ0v) is 9.74. The Balaban J connectivity index is 1.91. The van der Waals surface area contributed by atoms with Crippen LogP contribution < -0.4 is 10.1 Å². The van der Waals surface area contributed by atoms with Crippen LogP contribution in [0.15, 0.2) is 24.3 Å². The van der Waals surface area contributed by atoms with E-state index in [9.17, 15) is 0 Å². The van der Waals surface area contributed by atoms with E-state index in [4.69, 9.17) is 9.47 Å². The van der Waals surface area contributed by atoms with Crippen molar-refractivity contribution in [1.82, 2.24) is 5.32 Å². The van der Waals surface area contributed by atoms with E-state index in [-0.39, 0.29) is 0 Å². The summed E-state index contributed by atoms with van der Waals surface area (Å²) in [6.45, 7) is 5.27. The molecule has 1 aromatic rings. The summed E-state index contributed by atoms with van der Waals surface area (Å²) >= 11 is 0. The molecule has 1 heterocycles. The average molecular weight is 221 g/mol. The van der Waals surface area contributed by atoms with E-state index in [0.29, 0.717) is 6.04 Å². The molecule has 1 atom stereocenters. The summed E-state index contributed by atoms with van der Waals surface area (Å²) in [6, 6.07) is 8.65. The number of hydrogen-bond donors (Lipinski definition) is 1. The first-order valence-corrected chi connectivity index (χ1v) is 5.94. The van der Waals surface area contributed by atoms with Gasteiger partial charge in [0.05, 0.1) is 13.2 Å². The van der Waals surface area contributed by atoms with Crippen molar-refractivity contribution < 1.29 is 9.47 Å². The molecule has 0 aromatic heterocycles. The van der Waals surface area contributed by atoms with Gasteiger partial charge in [-0.1, -0.05) is 18.2 Å². The molecular formula is C13H19NO2. The lowest BCUT2D eigenvalue weighted by Crippen LogP contribution is -2.29. The zero-order valence-electron chi connectivity index (χ0n) is 9.74. The van der Waals surface area contributed by atoms with Crippen LogP contribution >= 0.6 is 0 Å². The molecule has 16 heavy (non-hydrogen) atoms. The highest BCUT2D eigenvalue weighted by molar-refractivity contribution is 5.37. The second-order valence-electron chi connectivity index (χ2n) is 3.88. The minimum atomic E-state index is 0.408. The van der Waals surface area contributed by atoms with Gasteiger partial charge in [-0.3, -0.25) is 0 Å². The Morgan fingerprint density at radius 2 is 2.31 bits per heavy atom. The molecule has 0 spiro atoms. The predicted molar refractivity (Wildman–Crippen MR) is 63.8 cm³/mol. The molecule has 1 aliphatic heterocycles. The third-order valence-corrected chi connectivity index (χ3v) is 2.80. The zero-order chi connectivity index (χ0) is 11.2. The van der Waals surface area contributed by atoms with Crippen LogP contribution in [0.1, 0.15) is 24.9 Å². The number of nitrogens with one attached hydrogen (secondary N) is 1. The summed E-state index contributed by atoms with van der Waals surface area (Å²) < 4.78 is 10.9. The molecule has 0 saturated heterocycles. The number of benzene rings is 1. The summed E-state index contributed by atoms with van der Waals surface area (Å²) in [5.41, 5.74) is 1.27. The molecule has 88 valence electrons. The monoisotopic (exact) mass is 221 g/mol. The number of ether oxygens (including phenoxy) is 2. The molecule has 0 fully saturated rings. The molecule has 1 N–H and O–H groups in total. The molecule has 0 saturated carbocycles. The van der Waals surface area contributed by atoms with E-state index in [1.165, 1.54) is 5.56 Å². The van der Waals surface area contributed by atoms with Crippen molar-refractivity contribution in [1.29, 1.82) is 0 Å². The lowest BCUT2D eigenvalue weighted by molar-refractivity contribution is 0.143. The standard InChI is InChI=1S/C13H19NO2/c1-2-15-10-8-14-12-7-9-16-13-6-4-3-5-11(12)13/h3-6,12,14H,2,7-10H2,1H3. The summed E-state index contributed by atoms with van der Waals surface area (Å²) in [6.07, 6.45) is 1.03. The summed E-state index contributed by atoms with van der Waals surface area (Å²) in [4.78, 5) is 0. The SMILES string of the molecule is CCOCCNC1CCOc2ccccc21. The normalized spacial score (nSPS) is 18.9. The molecule has 0 bridgehead atoms. The van der Waals surface area contributed by atoms with E-state index in [0.717, 1.165) is 38.5 Å². The fourth-order valence-corrected chi connectivity index (χ4v) is 2.00. The number of para-hydroxylation sites is 1. The Bertz CT molecular complexity index is 327. The van der Waals surface area contributed by atoms with Crippen molar-refractivity contribution in [2.75, 3.05) is 26.4 Å². The van der Waals surface area contributed by atoms with Gasteiger partial charge in [-0.25, -0.2) is 0 Å². The van der Waals surface area contributed by atoms with Gasteiger partial charge < -0.3 is 14.8 Å². The molecule has 1 aliphatic rings. The molecule has 0 aliphatic carbocycles. The topological polar surface area (TPSA) is 30.5 Å². The van der Waals surface area contributed by atoms with Crippen molar-refractivity contribution in [2.24, 2.45) is 0 Å². The third-order valence-electron chi connectivity index (χ3n) is 2.80. The maximum Gasteiger partial charge on any atom is 0.124 e. The van der Waals surface area contributed by atoms with Crippen molar-refractivity contribution in [2.45, 2.75) is 19.4 Å². The van der Waals surface area contributed by atoms with Gasteiger partial charge in [0.25, 0.3) is 0 Å². The Kier molecular flexibility index (Phi) is 4.19. The van der Waals surface area contributed by atoms with Crippen molar-refractivity contribution in [3.63, 3.8) is 0 Å². The summed E-state index contributed by atoms with van der Waals surface area (Å²) in [5, 5.41) is 3.51. The first kappa shape index (κ1) is 11.4. The lowest BCUT2D eigenvalue weighted by Gasteiger charge is -2.26. The smallest absolute Gasteiger partial charge is 0.124 e. The van der Waals surface area contributed by atoms with Gasteiger partial charge in [-0.2, -0.15) is 0 Å². The van der Waals surface area contributed by atoms with Crippen LogP contribution in [0.5, 0.6) is 5.75 Å². The second-order valence-corrected chi connectivity index (χ2v) is 3.88. The molecule has 0 radical (unpaired) electrons. The molecule has 1 unspecified atom stereocenters. The second kappa shape index (κ2) is 5.87. The van der Waals surface area contributed by atoms with Crippen LogP contribution in [0.3, 0.4) is 0 Å². The van der Waals surface area contributed by atoms with Crippen LogP contribution in [0.2, 0.25) is 0 Å². The van der Waals surface area contributed by atoms with Crippen molar-refractivity contribution in [3.05, 3.63) is 29.8 Å². The van der Waals surface area contributed by atoms with E-state index < -0.39 is 0 Å². The van der Waals surface area contributed by atoms with Crippen LogP contribution in [0.4, 0.5) is 0 Å². The Hall–Kier alpha value is -1.06. The number of rotatable bonds is 5. The molecule has 0 amide bonds. The van der Waals surface area contributed by atoms with E-state index >= 15 is 0 Å². The van der Waals surface area contributed by atoms with E-state index in [2.05, 4.69) is 17.4 Å². The van der Waals surface area contributed by atoms with Gasteiger partial charge in [0.2, 0.25) is 0 Å². The van der Waals surface area contributed by atoms with Gasteiger partial charge in [0.15, 0.2) is 0 Å². The highest BCUT2D eigenvalue weighted by atomic mass is 16.5. The number of fused-ring (bicyclic) bond motifs is 1. The van der Waals surface area contributed by atoms with Gasteiger partial charge in [0.1, 0.15) is 5.75 Å². The fraction of sp³-hybridized carbons (Fsp3) is 0.538. The largest absolute Gasteiger partial charge is 0.493 e. The Morgan fingerprint density at radius 3 is 3.19 bits per heavy atom. The van der Waals surface area contributed by atoms with Gasteiger partial charge in [0, 0.05) is 31.2 Å². The summed E-state index contributed by atoms with van der Waals surface area (Å²) in [5.74, 6) is 1.02. The van der Waals surface area contributed by atoms with Crippen LogP contribution in [-0.4, -0.2) is 26.4 Å². The quantitative estimate of drug-likeness (QED) is 0.773. The average Bonchev–Trinajstić information content (AvgIpc) is 2.35. The number of hydrogen-bond acceptors (Lipinski definition) is 3. The van der Waals surface area contributed by atoms with Crippen molar-refractivity contribution >= 4 is 0 Å². The van der Waals surface area contributed by atoms with Gasteiger partial charge in [-0.15, -0.1) is 0 Å². The van der Waals surface area contributed by atoms with Crippen LogP contribution in [0, 0.1) is 0 Å². The predicted octanol–water partition coefficient (Wildman–Crippen LogP) is 2.14. The van der Waals surface area contributed by atoms with Crippen LogP contribution in [0.25, 0.3) is 0 Å². The maximum absolute atomic E-state index is 5.61. The highest BCUT2D eigenvalue weighted by Crippen LogP contribution is 2.31. The maximum atomic E-state index is 5.61. The molecule has 3 nitrogen and oxygen atoms in total. The van der Waals surface area contributed by atoms with Gasteiger partial charge in [-0.05, 0) is 13.0 Å². The Morgan fingerprint density at radius 1 is 1.44 bits per heavy atom. The third kappa shape index (κ3) is 2.74. The van der Waals surface area contributed by atoms with Crippen molar-refractivity contribution in [3.8, 4) is 5.75 Å². The lowest BCUT2D eigenvalue weighted by atomic mass is 10.0. The molecule has 3 heteroatoms. The first-order valence-electron chi connectivity index (χ1n) is 5.94. The molecule has 1 aromatic carbocycles. The van der Waals surface area contributed by atoms with Crippen LogP contribution in [-0.2, 0) is 4.74 Å². The van der Waals surface area contributed by atoms with Gasteiger partial charge >= 0.3 is 0 Å². The molecule has 2 rings (SSSR count). The highest BCUT2D eigenvalue weighted by Gasteiger charge is 2.19. The van der Waals surface area contributed by atoms with E-state index in [1.807, 2.05) is 19.1 Å². The minimum Gasteiger partial charge on any atom is -0.493 e. The Labute approximate surface area is 96.8 Å². The minimum absolute atomic E-state index is 0.408. The summed E-state index contributed by atoms with van der Waals surface area (Å²) in [7, 11) is 0.